The lowest BCUT2D eigenvalue weighted by atomic mass is 9.80. The molecular formula is C28H33FN2. The number of hydrogen-bond acceptors (Lipinski definition) is 2. The summed E-state index contributed by atoms with van der Waals surface area (Å²) in [5, 5.41) is 0. The van der Waals surface area contributed by atoms with Crippen LogP contribution in [0.4, 0.5) is 4.39 Å². The molecule has 2 N–H and O–H groups in total. The van der Waals surface area contributed by atoms with Gasteiger partial charge in [0.05, 0.1) is 0 Å². The van der Waals surface area contributed by atoms with Gasteiger partial charge in [-0.1, -0.05) is 66.7 Å². The maximum Gasteiger partial charge on any atom is 0.123 e. The van der Waals surface area contributed by atoms with E-state index in [1.165, 1.54) is 22.3 Å². The van der Waals surface area contributed by atoms with Crippen LogP contribution < -0.4 is 5.73 Å². The van der Waals surface area contributed by atoms with E-state index in [-0.39, 0.29) is 17.9 Å². The Labute approximate surface area is 185 Å². The number of benzene rings is 3. The largest absolute Gasteiger partial charge is 0.329 e. The average molecular weight is 417 g/mol. The number of nitrogens with two attached hydrogens (primary N) is 1. The predicted molar refractivity (Wildman–Crippen MR) is 126 cm³/mol. The third kappa shape index (κ3) is 5.41. The normalized spacial score (nSPS) is 17.9. The zero-order valence-corrected chi connectivity index (χ0v) is 18.4. The van der Waals surface area contributed by atoms with Crippen LogP contribution in [0.25, 0.3) is 0 Å². The molecule has 3 aromatic carbocycles. The Kier molecular flexibility index (Phi) is 7.16. The van der Waals surface area contributed by atoms with Gasteiger partial charge >= 0.3 is 0 Å². The fraction of sp³-hybridized carbons (Fsp3) is 0.357. The molecule has 0 saturated carbocycles. The molecule has 31 heavy (non-hydrogen) atoms. The summed E-state index contributed by atoms with van der Waals surface area (Å²) in [5.74, 6) is 0.405. The molecule has 0 spiro atoms. The van der Waals surface area contributed by atoms with Gasteiger partial charge < -0.3 is 5.73 Å². The number of halogens is 1. The van der Waals surface area contributed by atoms with E-state index in [1.54, 1.807) is 12.1 Å². The van der Waals surface area contributed by atoms with Gasteiger partial charge in [0, 0.05) is 25.2 Å². The summed E-state index contributed by atoms with van der Waals surface area (Å²) < 4.78 is 13.8. The van der Waals surface area contributed by atoms with Crippen molar-refractivity contribution in [3.05, 3.63) is 107 Å². The minimum Gasteiger partial charge on any atom is -0.329 e. The highest BCUT2D eigenvalue weighted by molar-refractivity contribution is 5.30. The van der Waals surface area contributed by atoms with Crippen molar-refractivity contribution >= 4 is 0 Å². The van der Waals surface area contributed by atoms with E-state index in [0.717, 1.165) is 32.2 Å². The Morgan fingerprint density at radius 1 is 0.968 bits per heavy atom. The minimum atomic E-state index is -0.127. The molecule has 3 heteroatoms. The molecule has 3 atom stereocenters. The van der Waals surface area contributed by atoms with Crippen LogP contribution in [0.15, 0.2) is 78.9 Å². The van der Waals surface area contributed by atoms with Crippen LogP contribution in [0.2, 0.25) is 0 Å². The summed E-state index contributed by atoms with van der Waals surface area (Å²) in [6.07, 6.45) is 4.16. The van der Waals surface area contributed by atoms with E-state index in [1.807, 2.05) is 6.07 Å². The van der Waals surface area contributed by atoms with E-state index in [2.05, 4.69) is 72.5 Å². The van der Waals surface area contributed by atoms with Crippen LogP contribution in [-0.4, -0.2) is 17.5 Å². The van der Waals surface area contributed by atoms with Crippen LogP contribution >= 0.6 is 0 Å². The highest BCUT2D eigenvalue weighted by atomic mass is 19.1. The highest BCUT2D eigenvalue weighted by Crippen LogP contribution is 2.32. The maximum atomic E-state index is 13.8. The lowest BCUT2D eigenvalue weighted by molar-refractivity contribution is 0.114. The van der Waals surface area contributed by atoms with Crippen molar-refractivity contribution in [3.63, 3.8) is 0 Å². The van der Waals surface area contributed by atoms with E-state index in [4.69, 9.17) is 5.73 Å². The van der Waals surface area contributed by atoms with Gasteiger partial charge in [-0.05, 0) is 72.9 Å². The van der Waals surface area contributed by atoms with Crippen molar-refractivity contribution in [2.45, 2.75) is 51.2 Å². The fourth-order valence-corrected chi connectivity index (χ4v) is 5.05. The molecule has 4 rings (SSSR count). The van der Waals surface area contributed by atoms with Crippen molar-refractivity contribution in [2.75, 3.05) is 6.54 Å². The second-order valence-electron chi connectivity index (χ2n) is 8.89. The van der Waals surface area contributed by atoms with Crippen molar-refractivity contribution in [2.24, 2.45) is 11.7 Å². The maximum absolute atomic E-state index is 13.8. The van der Waals surface area contributed by atoms with E-state index in [0.29, 0.717) is 12.5 Å². The van der Waals surface area contributed by atoms with Crippen molar-refractivity contribution in [3.8, 4) is 0 Å². The molecule has 0 heterocycles. The van der Waals surface area contributed by atoms with Crippen molar-refractivity contribution in [1.82, 2.24) is 4.90 Å². The fourth-order valence-electron chi connectivity index (χ4n) is 5.05. The standard InChI is InChI=1S/C28H33FN2/c1-21(24-10-6-3-7-11-24)31(20-22-8-4-2-5-9-22)28(19-30)17-23-12-13-25-14-15-27(29)18-26(25)16-23/h2-11,14-15,18,21,23,28H,12-13,16-17,19-20,30H2,1H3/t21-,23?,28?/m1/s1. The first-order valence-corrected chi connectivity index (χ1v) is 11.5. The zero-order valence-electron chi connectivity index (χ0n) is 18.4. The molecule has 3 aromatic rings. The topological polar surface area (TPSA) is 29.3 Å². The zero-order chi connectivity index (χ0) is 21.6. The average Bonchev–Trinajstić information content (AvgIpc) is 2.81. The lowest BCUT2D eigenvalue weighted by Crippen LogP contribution is -2.43. The van der Waals surface area contributed by atoms with Crippen LogP contribution in [0.1, 0.15) is 48.1 Å². The van der Waals surface area contributed by atoms with Gasteiger partial charge in [0.15, 0.2) is 0 Å². The summed E-state index contributed by atoms with van der Waals surface area (Å²) in [5.41, 5.74) is 11.5. The smallest absolute Gasteiger partial charge is 0.123 e. The van der Waals surface area contributed by atoms with Crippen LogP contribution in [0, 0.1) is 11.7 Å². The monoisotopic (exact) mass is 416 g/mol. The van der Waals surface area contributed by atoms with Crippen molar-refractivity contribution < 1.29 is 4.39 Å². The Balaban J connectivity index is 1.55. The van der Waals surface area contributed by atoms with Gasteiger partial charge in [0.25, 0.3) is 0 Å². The molecule has 0 bridgehead atoms. The van der Waals surface area contributed by atoms with E-state index < -0.39 is 0 Å². The molecule has 0 aliphatic heterocycles. The first kappa shape index (κ1) is 21.7. The Hall–Kier alpha value is -2.49. The third-order valence-electron chi connectivity index (χ3n) is 6.83. The van der Waals surface area contributed by atoms with Gasteiger partial charge in [-0.2, -0.15) is 0 Å². The second-order valence-corrected chi connectivity index (χ2v) is 8.89. The number of fused-ring (bicyclic) bond motifs is 1. The molecule has 0 saturated heterocycles. The van der Waals surface area contributed by atoms with Crippen LogP contribution in [0.5, 0.6) is 0 Å². The third-order valence-corrected chi connectivity index (χ3v) is 6.83. The molecule has 0 aromatic heterocycles. The number of aryl methyl sites for hydroxylation is 1. The number of hydrogen-bond donors (Lipinski definition) is 1. The Bertz CT molecular complexity index is 957. The number of nitrogens with zero attached hydrogens (tertiary/aromatic N) is 1. The summed E-state index contributed by atoms with van der Waals surface area (Å²) in [4.78, 5) is 2.56. The molecule has 2 unspecified atom stereocenters. The number of rotatable bonds is 8. The SMILES string of the molecule is C[C@H](c1ccccc1)N(Cc1ccccc1)C(CN)CC1CCc2ccc(F)cc2C1. The molecule has 2 nitrogen and oxygen atoms in total. The minimum absolute atomic E-state index is 0.127. The van der Waals surface area contributed by atoms with Gasteiger partial charge in [-0.25, -0.2) is 4.39 Å². The van der Waals surface area contributed by atoms with E-state index in [9.17, 15) is 4.39 Å². The molecular weight excluding hydrogens is 383 g/mol. The van der Waals surface area contributed by atoms with Gasteiger partial charge in [0.2, 0.25) is 0 Å². The predicted octanol–water partition coefficient (Wildman–Crippen LogP) is 5.91. The molecule has 1 aliphatic carbocycles. The summed E-state index contributed by atoms with van der Waals surface area (Å²) in [6.45, 7) is 3.78. The quantitative estimate of drug-likeness (QED) is 0.494. The van der Waals surface area contributed by atoms with Crippen molar-refractivity contribution in [1.29, 1.82) is 0 Å². The first-order valence-electron chi connectivity index (χ1n) is 11.5. The molecule has 0 radical (unpaired) electrons. The van der Waals surface area contributed by atoms with Gasteiger partial charge in [-0.3, -0.25) is 4.90 Å². The molecule has 1 aliphatic rings. The molecule has 0 amide bonds. The highest BCUT2D eigenvalue weighted by Gasteiger charge is 2.28. The summed E-state index contributed by atoms with van der Waals surface area (Å²) in [6, 6.07) is 27.2. The Morgan fingerprint density at radius 3 is 2.39 bits per heavy atom. The lowest BCUT2D eigenvalue weighted by Gasteiger charge is -2.39. The summed E-state index contributed by atoms with van der Waals surface area (Å²) >= 11 is 0. The van der Waals surface area contributed by atoms with Crippen LogP contribution in [0.3, 0.4) is 0 Å². The van der Waals surface area contributed by atoms with Gasteiger partial charge in [0.1, 0.15) is 5.82 Å². The second kappa shape index (κ2) is 10.2. The molecule has 0 fully saturated rings. The van der Waals surface area contributed by atoms with Gasteiger partial charge in [-0.15, -0.1) is 0 Å². The summed E-state index contributed by atoms with van der Waals surface area (Å²) in [7, 11) is 0. The Morgan fingerprint density at radius 2 is 1.68 bits per heavy atom. The first-order chi connectivity index (χ1) is 15.1. The molecule has 162 valence electrons. The van der Waals surface area contributed by atoms with E-state index >= 15 is 0 Å². The van der Waals surface area contributed by atoms with Crippen LogP contribution in [-0.2, 0) is 19.4 Å².